The number of sulfonamides is 1. The van der Waals surface area contributed by atoms with E-state index in [9.17, 15) is 23.3 Å². The molecule has 2 aliphatic rings. The van der Waals surface area contributed by atoms with Gasteiger partial charge in [0, 0.05) is 37.7 Å². The number of hydrogen-bond acceptors (Lipinski definition) is 5. The van der Waals surface area contributed by atoms with Gasteiger partial charge in [0.05, 0.1) is 16.9 Å². The van der Waals surface area contributed by atoms with Crippen molar-refractivity contribution in [3.05, 3.63) is 33.9 Å². The van der Waals surface area contributed by atoms with Crippen molar-refractivity contribution in [3.8, 4) is 0 Å². The lowest BCUT2D eigenvalue weighted by atomic mass is 9.96. The third-order valence-electron chi connectivity index (χ3n) is 4.71. The van der Waals surface area contributed by atoms with E-state index in [1.54, 1.807) is 11.0 Å². The zero-order valence-corrected chi connectivity index (χ0v) is 14.2. The number of piperidine rings is 1. The Morgan fingerprint density at radius 1 is 1.25 bits per heavy atom. The molecule has 0 radical (unpaired) electrons. The summed E-state index contributed by atoms with van der Waals surface area (Å²) in [7, 11) is -3.22. The van der Waals surface area contributed by atoms with Crippen LogP contribution in [-0.2, 0) is 21.2 Å². The summed E-state index contributed by atoms with van der Waals surface area (Å²) in [6.45, 7) is 1.19. The number of fused-ring (bicyclic) bond motifs is 1. The summed E-state index contributed by atoms with van der Waals surface area (Å²) in [5.74, 6) is -0.310. The van der Waals surface area contributed by atoms with E-state index in [1.165, 1.54) is 22.7 Å². The maximum atomic E-state index is 12.8. The molecule has 0 bridgehead atoms. The predicted molar refractivity (Wildman–Crippen MR) is 88.3 cm³/mol. The number of amides is 1. The molecule has 8 nitrogen and oxygen atoms in total. The lowest BCUT2D eigenvalue weighted by Gasteiger charge is -2.31. The molecule has 130 valence electrons. The monoisotopic (exact) mass is 353 g/mol. The first kappa shape index (κ1) is 16.8. The highest BCUT2D eigenvalue weighted by atomic mass is 32.2. The van der Waals surface area contributed by atoms with Gasteiger partial charge in [-0.05, 0) is 24.8 Å². The second-order valence-electron chi connectivity index (χ2n) is 6.25. The van der Waals surface area contributed by atoms with Gasteiger partial charge >= 0.3 is 0 Å². The maximum Gasteiger partial charge on any atom is 0.271 e. The average molecular weight is 353 g/mol. The van der Waals surface area contributed by atoms with Gasteiger partial charge in [0.2, 0.25) is 15.9 Å². The number of carbonyl (C=O) groups is 1. The van der Waals surface area contributed by atoms with Gasteiger partial charge in [-0.1, -0.05) is 6.07 Å². The minimum Gasteiger partial charge on any atom is -0.311 e. The first-order chi connectivity index (χ1) is 11.3. The SMILES string of the molecule is CS(=O)(=O)N1CCC(C(=O)N2CCc3ccc([N+](=O)[O-])cc32)CC1. The van der Waals surface area contributed by atoms with E-state index in [-0.39, 0.29) is 17.5 Å². The Morgan fingerprint density at radius 3 is 2.50 bits per heavy atom. The van der Waals surface area contributed by atoms with Crippen molar-refractivity contribution in [1.29, 1.82) is 0 Å². The molecule has 1 amide bonds. The van der Waals surface area contributed by atoms with E-state index in [0.717, 1.165) is 5.56 Å². The van der Waals surface area contributed by atoms with E-state index in [0.29, 0.717) is 44.6 Å². The number of nitrogens with zero attached hydrogens (tertiary/aromatic N) is 3. The Labute approximate surface area is 140 Å². The van der Waals surface area contributed by atoms with Crippen LogP contribution in [0.5, 0.6) is 0 Å². The fourth-order valence-corrected chi connectivity index (χ4v) is 4.24. The van der Waals surface area contributed by atoms with Gasteiger partial charge in [0.15, 0.2) is 0 Å². The van der Waals surface area contributed by atoms with Crippen molar-refractivity contribution in [2.45, 2.75) is 19.3 Å². The fourth-order valence-electron chi connectivity index (χ4n) is 3.36. The molecule has 2 aliphatic heterocycles. The van der Waals surface area contributed by atoms with E-state index < -0.39 is 14.9 Å². The minimum absolute atomic E-state index is 0.0275. The quantitative estimate of drug-likeness (QED) is 0.599. The van der Waals surface area contributed by atoms with Crippen molar-refractivity contribution in [3.63, 3.8) is 0 Å². The van der Waals surface area contributed by atoms with Gasteiger partial charge < -0.3 is 4.90 Å². The zero-order valence-electron chi connectivity index (χ0n) is 13.3. The molecule has 0 aromatic heterocycles. The molecule has 0 unspecified atom stereocenters. The smallest absolute Gasteiger partial charge is 0.271 e. The summed E-state index contributed by atoms with van der Waals surface area (Å²) in [4.78, 5) is 24.9. The van der Waals surface area contributed by atoms with E-state index >= 15 is 0 Å². The molecule has 1 aromatic rings. The number of nitro benzene ring substituents is 1. The molecule has 9 heteroatoms. The summed E-state index contributed by atoms with van der Waals surface area (Å²) < 4.78 is 24.5. The highest BCUT2D eigenvalue weighted by molar-refractivity contribution is 7.88. The minimum atomic E-state index is -3.22. The summed E-state index contributed by atoms with van der Waals surface area (Å²) in [6, 6.07) is 4.61. The number of anilines is 1. The lowest BCUT2D eigenvalue weighted by Crippen LogP contribution is -2.43. The molecule has 1 aromatic carbocycles. The van der Waals surface area contributed by atoms with Gasteiger partial charge in [0.1, 0.15) is 0 Å². The predicted octanol–water partition coefficient (Wildman–Crippen LogP) is 1.16. The van der Waals surface area contributed by atoms with Crippen molar-refractivity contribution >= 4 is 27.3 Å². The third-order valence-corrected chi connectivity index (χ3v) is 6.02. The molecule has 3 rings (SSSR count). The normalized spacial score (nSPS) is 19.3. The first-order valence-corrected chi connectivity index (χ1v) is 9.66. The molecule has 0 saturated carbocycles. The van der Waals surface area contributed by atoms with Crippen LogP contribution in [0.4, 0.5) is 11.4 Å². The first-order valence-electron chi connectivity index (χ1n) is 7.81. The summed E-state index contributed by atoms with van der Waals surface area (Å²) in [5.41, 5.74) is 1.52. The Kier molecular flexibility index (Phi) is 4.31. The van der Waals surface area contributed by atoms with Gasteiger partial charge in [-0.25, -0.2) is 12.7 Å². The number of carbonyl (C=O) groups excluding carboxylic acids is 1. The maximum absolute atomic E-state index is 12.8. The van der Waals surface area contributed by atoms with Crippen LogP contribution in [0.15, 0.2) is 18.2 Å². The van der Waals surface area contributed by atoms with E-state index in [4.69, 9.17) is 0 Å². The highest BCUT2D eigenvalue weighted by Gasteiger charge is 2.34. The topological polar surface area (TPSA) is 101 Å². The Hall–Kier alpha value is -2.00. The van der Waals surface area contributed by atoms with E-state index in [1.807, 2.05) is 0 Å². The zero-order chi connectivity index (χ0) is 17.5. The number of hydrogen-bond donors (Lipinski definition) is 0. The van der Waals surface area contributed by atoms with Crippen LogP contribution in [-0.4, -0.2) is 49.4 Å². The highest BCUT2D eigenvalue weighted by Crippen LogP contribution is 2.34. The Balaban J connectivity index is 1.75. The third kappa shape index (κ3) is 3.13. The number of non-ortho nitro benzene ring substituents is 1. The number of nitro groups is 1. The average Bonchev–Trinajstić information content (AvgIpc) is 2.96. The lowest BCUT2D eigenvalue weighted by molar-refractivity contribution is -0.384. The van der Waals surface area contributed by atoms with Crippen LogP contribution in [0.3, 0.4) is 0 Å². The van der Waals surface area contributed by atoms with Crippen molar-refractivity contribution in [2.24, 2.45) is 5.92 Å². The molecule has 1 saturated heterocycles. The Bertz CT molecular complexity index is 784. The second kappa shape index (κ2) is 6.14. The standard InChI is InChI=1S/C15H19N3O5S/c1-24(22,23)16-7-4-12(5-8-16)15(19)17-9-6-11-2-3-13(18(20)21)10-14(11)17/h2-3,10,12H,4-9H2,1H3. The second-order valence-corrected chi connectivity index (χ2v) is 8.23. The molecular formula is C15H19N3O5S. The van der Waals surface area contributed by atoms with Gasteiger partial charge in [-0.15, -0.1) is 0 Å². The molecule has 2 heterocycles. The molecule has 24 heavy (non-hydrogen) atoms. The molecule has 0 spiro atoms. The van der Waals surface area contributed by atoms with Crippen molar-refractivity contribution in [2.75, 3.05) is 30.8 Å². The largest absolute Gasteiger partial charge is 0.311 e. The van der Waals surface area contributed by atoms with Crippen LogP contribution < -0.4 is 4.90 Å². The molecular weight excluding hydrogens is 334 g/mol. The van der Waals surface area contributed by atoms with E-state index in [2.05, 4.69) is 0 Å². The summed E-state index contributed by atoms with van der Waals surface area (Å²) >= 11 is 0. The van der Waals surface area contributed by atoms with Crippen LogP contribution >= 0.6 is 0 Å². The molecule has 0 aliphatic carbocycles. The molecule has 1 fully saturated rings. The number of benzene rings is 1. The fraction of sp³-hybridized carbons (Fsp3) is 0.533. The summed E-state index contributed by atoms with van der Waals surface area (Å²) in [5, 5.41) is 10.9. The molecule has 0 atom stereocenters. The van der Waals surface area contributed by atoms with Crippen LogP contribution in [0, 0.1) is 16.0 Å². The van der Waals surface area contributed by atoms with Gasteiger partial charge in [-0.2, -0.15) is 0 Å². The van der Waals surface area contributed by atoms with Gasteiger partial charge in [0.25, 0.3) is 5.69 Å². The van der Waals surface area contributed by atoms with Crippen molar-refractivity contribution in [1.82, 2.24) is 4.31 Å². The van der Waals surface area contributed by atoms with Crippen LogP contribution in [0.25, 0.3) is 0 Å². The van der Waals surface area contributed by atoms with Crippen LogP contribution in [0.1, 0.15) is 18.4 Å². The van der Waals surface area contributed by atoms with Gasteiger partial charge in [-0.3, -0.25) is 14.9 Å². The summed E-state index contributed by atoms with van der Waals surface area (Å²) in [6.07, 6.45) is 2.81. The van der Waals surface area contributed by atoms with Crippen LogP contribution in [0.2, 0.25) is 0 Å². The Morgan fingerprint density at radius 2 is 1.92 bits per heavy atom. The van der Waals surface area contributed by atoms with Crippen molar-refractivity contribution < 1.29 is 18.1 Å². The number of rotatable bonds is 3. The molecule has 0 N–H and O–H groups in total.